The smallest absolute Gasteiger partial charge is 0.321 e. The number of nitrogens with two attached hydrogens (primary N) is 3. The number of carbonyl (C=O) groups excluding carboxylic acids is 2. The van der Waals surface area contributed by atoms with E-state index in [-0.39, 0.29) is 12.2 Å². The third kappa shape index (κ3) is 8.05. The van der Waals surface area contributed by atoms with Crippen LogP contribution in [0.15, 0.2) is 0 Å². The van der Waals surface area contributed by atoms with Crippen LogP contribution in [0.5, 0.6) is 0 Å². The summed E-state index contributed by atoms with van der Waals surface area (Å²) in [5, 5.41) is 14.8. The molecule has 30 heavy (non-hydrogen) atoms. The monoisotopic (exact) mass is 447 g/mol. The lowest BCUT2D eigenvalue weighted by atomic mass is 9.70. The van der Waals surface area contributed by atoms with E-state index in [2.05, 4.69) is 23.3 Å². The molecule has 176 valence electrons. The van der Waals surface area contributed by atoms with Gasteiger partial charge in [-0.25, -0.2) is 0 Å². The number of rotatable bonds is 11. The molecule has 0 aromatic rings. The lowest BCUT2D eigenvalue weighted by molar-refractivity contribution is -0.143. The first kappa shape index (κ1) is 28.6. The Kier molecular flexibility index (Phi) is 9.40. The maximum absolute atomic E-state index is 12.9. The Morgan fingerprint density at radius 3 is 1.70 bits per heavy atom. The summed E-state index contributed by atoms with van der Waals surface area (Å²) in [7, 11) is 0. The zero-order chi connectivity index (χ0) is 24.3. The summed E-state index contributed by atoms with van der Waals surface area (Å²) >= 11 is 4.20. The molecule has 0 saturated heterocycles. The summed E-state index contributed by atoms with van der Waals surface area (Å²) in [4.78, 5) is 37.0. The van der Waals surface area contributed by atoms with E-state index in [0.29, 0.717) is 0 Å². The summed E-state index contributed by atoms with van der Waals surface area (Å²) in [6.07, 6.45) is 0.203. The van der Waals surface area contributed by atoms with Crippen LogP contribution in [0.2, 0.25) is 0 Å². The van der Waals surface area contributed by atoms with Crippen molar-refractivity contribution in [3.05, 3.63) is 0 Å². The number of amides is 2. The Morgan fingerprint density at radius 1 is 0.933 bits per heavy atom. The van der Waals surface area contributed by atoms with Crippen LogP contribution < -0.4 is 27.8 Å². The van der Waals surface area contributed by atoms with E-state index in [1.807, 2.05) is 0 Å². The van der Waals surface area contributed by atoms with Crippen LogP contribution in [-0.4, -0.2) is 57.8 Å². The van der Waals surface area contributed by atoms with Gasteiger partial charge in [0.15, 0.2) is 0 Å². The SMILES string of the molecule is CC(C)(CC(C)(C)C(N)C(=O)O)C(=O)NC(CS)C(=O)NC(C(C)(C)N)C(C)(C)N. The molecule has 0 aliphatic carbocycles. The lowest BCUT2D eigenvalue weighted by Gasteiger charge is -2.41. The highest BCUT2D eigenvalue weighted by atomic mass is 32.1. The highest BCUT2D eigenvalue weighted by Gasteiger charge is 2.42. The van der Waals surface area contributed by atoms with Crippen molar-refractivity contribution in [2.24, 2.45) is 28.0 Å². The van der Waals surface area contributed by atoms with Gasteiger partial charge in [-0.2, -0.15) is 12.6 Å². The lowest BCUT2D eigenvalue weighted by Crippen LogP contribution is -2.69. The Morgan fingerprint density at radius 2 is 1.37 bits per heavy atom. The molecule has 0 aliphatic rings. The Hall–Kier alpha value is -1.36. The van der Waals surface area contributed by atoms with Crippen molar-refractivity contribution in [2.75, 3.05) is 5.75 Å². The minimum Gasteiger partial charge on any atom is -0.480 e. The van der Waals surface area contributed by atoms with Gasteiger partial charge in [-0.1, -0.05) is 27.7 Å². The molecule has 0 aliphatic heterocycles. The van der Waals surface area contributed by atoms with Gasteiger partial charge in [0.05, 0.1) is 6.04 Å². The normalized spacial score (nSPS) is 15.5. The second-order valence-electron chi connectivity index (χ2n) is 10.7. The van der Waals surface area contributed by atoms with E-state index >= 15 is 0 Å². The molecule has 0 saturated carbocycles. The predicted molar refractivity (Wildman–Crippen MR) is 122 cm³/mol. The zero-order valence-corrected chi connectivity index (χ0v) is 20.4. The van der Waals surface area contributed by atoms with E-state index in [4.69, 9.17) is 17.2 Å². The van der Waals surface area contributed by atoms with Gasteiger partial charge in [-0.05, 0) is 39.5 Å². The molecule has 0 bridgehead atoms. The summed E-state index contributed by atoms with van der Waals surface area (Å²) in [5.74, 6) is -1.92. The first-order valence-electron chi connectivity index (χ1n) is 9.95. The third-order valence-electron chi connectivity index (χ3n) is 5.20. The molecular weight excluding hydrogens is 406 g/mol. The fraction of sp³-hybridized carbons (Fsp3) is 0.850. The summed E-state index contributed by atoms with van der Waals surface area (Å²) in [5.41, 5.74) is 14.7. The van der Waals surface area contributed by atoms with E-state index in [0.717, 1.165) is 0 Å². The quantitative estimate of drug-likeness (QED) is 0.222. The number of carbonyl (C=O) groups is 3. The molecule has 10 heteroatoms. The van der Waals surface area contributed by atoms with Crippen molar-refractivity contribution in [3.63, 3.8) is 0 Å². The van der Waals surface area contributed by atoms with Crippen molar-refractivity contribution in [3.8, 4) is 0 Å². The van der Waals surface area contributed by atoms with Crippen molar-refractivity contribution < 1.29 is 19.5 Å². The predicted octanol–water partition coefficient (Wildman–Crippen LogP) is 0.215. The van der Waals surface area contributed by atoms with Crippen LogP contribution in [-0.2, 0) is 14.4 Å². The molecule has 0 heterocycles. The molecule has 9 N–H and O–H groups in total. The van der Waals surface area contributed by atoms with Gasteiger partial charge < -0.3 is 32.9 Å². The Bertz CT molecular complexity index is 624. The fourth-order valence-corrected chi connectivity index (χ4v) is 4.04. The molecule has 0 fully saturated rings. The van der Waals surface area contributed by atoms with Gasteiger partial charge >= 0.3 is 5.97 Å². The molecule has 0 rings (SSSR count). The number of thiol groups is 1. The van der Waals surface area contributed by atoms with Gasteiger partial charge in [-0.3, -0.25) is 14.4 Å². The number of carboxylic acids is 1. The van der Waals surface area contributed by atoms with Crippen LogP contribution in [0.3, 0.4) is 0 Å². The van der Waals surface area contributed by atoms with Crippen LogP contribution in [0, 0.1) is 10.8 Å². The van der Waals surface area contributed by atoms with Crippen molar-refractivity contribution in [1.29, 1.82) is 0 Å². The second-order valence-corrected chi connectivity index (χ2v) is 11.0. The highest BCUT2D eigenvalue weighted by Crippen LogP contribution is 2.36. The zero-order valence-electron chi connectivity index (χ0n) is 19.5. The Labute approximate surface area is 185 Å². The summed E-state index contributed by atoms with van der Waals surface area (Å²) in [6, 6.07) is -2.60. The standard InChI is InChI=1S/C20H41N5O4S/c1-17(2,12(21)14(27)28)10-18(3,4)16(29)24-11(9-30)13(26)25-15(19(5,6)22)20(7,8)23/h11-12,15,30H,9-10,21-23H2,1-8H3,(H,24,29)(H,25,26)(H,27,28). The topological polar surface area (TPSA) is 174 Å². The molecule has 0 aromatic heterocycles. The largest absolute Gasteiger partial charge is 0.480 e. The summed E-state index contributed by atoms with van der Waals surface area (Å²) in [6.45, 7) is 13.8. The highest BCUT2D eigenvalue weighted by molar-refractivity contribution is 7.80. The molecule has 2 amide bonds. The molecule has 2 atom stereocenters. The first-order chi connectivity index (χ1) is 13.2. The number of hydrogen-bond acceptors (Lipinski definition) is 7. The number of aliphatic carboxylic acids is 1. The molecule has 0 radical (unpaired) electrons. The molecular formula is C20H41N5O4S. The maximum atomic E-state index is 12.9. The van der Waals surface area contributed by atoms with Crippen LogP contribution in [0.4, 0.5) is 0 Å². The minimum absolute atomic E-state index is 0.0639. The van der Waals surface area contributed by atoms with Gasteiger partial charge in [0.2, 0.25) is 11.8 Å². The third-order valence-corrected chi connectivity index (χ3v) is 5.56. The van der Waals surface area contributed by atoms with Crippen molar-refractivity contribution in [2.45, 2.75) is 91.0 Å². The van der Waals surface area contributed by atoms with E-state index in [1.54, 1.807) is 55.4 Å². The summed E-state index contributed by atoms with van der Waals surface area (Å²) < 4.78 is 0. The number of carboxylic acid groups (broad SMARTS) is 1. The minimum atomic E-state index is -1.14. The van der Waals surface area contributed by atoms with Gasteiger partial charge in [0.1, 0.15) is 12.1 Å². The van der Waals surface area contributed by atoms with E-state index in [9.17, 15) is 19.5 Å². The van der Waals surface area contributed by atoms with Gasteiger partial charge in [0, 0.05) is 22.2 Å². The Balaban J connectivity index is 5.42. The van der Waals surface area contributed by atoms with E-state index in [1.165, 1.54) is 0 Å². The van der Waals surface area contributed by atoms with E-state index < -0.39 is 57.8 Å². The number of nitrogens with one attached hydrogen (secondary N) is 2. The fourth-order valence-electron chi connectivity index (χ4n) is 3.78. The van der Waals surface area contributed by atoms with Crippen molar-refractivity contribution >= 4 is 30.4 Å². The average Bonchev–Trinajstić information content (AvgIpc) is 2.52. The molecule has 0 spiro atoms. The van der Waals surface area contributed by atoms with Gasteiger partial charge in [-0.15, -0.1) is 0 Å². The van der Waals surface area contributed by atoms with Crippen LogP contribution in [0.25, 0.3) is 0 Å². The van der Waals surface area contributed by atoms with Crippen LogP contribution >= 0.6 is 12.6 Å². The molecule has 0 aromatic carbocycles. The molecule has 9 nitrogen and oxygen atoms in total. The number of hydrogen-bond donors (Lipinski definition) is 7. The van der Waals surface area contributed by atoms with Crippen LogP contribution in [0.1, 0.15) is 61.8 Å². The maximum Gasteiger partial charge on any atom is 0.321 e. The second kappa shape index (κ2) is 9.84. The molecule has 2 unspecified atom stereocenters. The van der Waals surface area contributed by atoms with Gasteiger partial charge in [0.25, 0.3) is 0 Å². The van der Waals surface area contributed by atoms with Crippen molar-refractivity contribution in [1.82, 2.24) is 10.6 Å². The first-order valence-corrected chi connectivity index (χ1v) is 10.6. The average molecular weight is 448 g/mol.